The average molecular weight is 405 g/mol. The van der Waals surface area contributed by atoms with Gasteiger partial charge in [-0.15, -0.1) is 11.8 Å². The number of hydrogen-bond donors (Lipinski definition) is 0. The average Bonchev–Trinajstić information content (AvgIpc) is 2.69. The number of rotatable bonds is 6. The smallest absolute Gasteiger partial charge is 0.227 e. The van der Waals surface area contributed by atoms with Crippen molar-refractivity contribution in [2.75, 3.05) is 36.8 Å². The van der Waals surface area contributed by atoms with E-state index in [0.29, 0.717) is 19.5 Å². The predicted molar refractivity (Wildman–Crippen MR) is 112 cm³/mol. The van der Waals surface area contributed by atoms with Crippen molar-refractivity contribution in [2.24, 2.45) is 0 Å². The van der Waals surface area contributed by atoms with Crippen molar-refractivity contribution in [1.29, 1.82) is 0 Å². The van der Waals surface area contributed by atoms with Gasteiger partial charge in [0.05, 0.1) is 6.42 Å². The first-order chi connectivity index (χ1) is 13.1. The van der Waals surface area contributed by atoms with Gasteiger partial charge in [0.1, 0.15) is 10.8 Å². The lowest BCUT2D eigenvalue weighted by molar-refractivity contribution is -0.130. The third kappa shape index (κ3) is 5.14. The number of amides is 1. The zero-order valence-electron chi connectivity index (χ0n) is 15.8. The number of piperazine rings is 1. The van der Waals surface area contributed by atoms with Gasteiger partial charge in [-0.05, 0) is 36.3 Å². The van der Waals surface area contributed by atoms with Gasteiger partial charge in [-0.2, -0.15) is 0 Å². The van der Waals surface area contributed by atoms with Gasteiger partial charge in [-0.3, -0.25) is 4.79 Å². The molecule has 2 aromatic rings. The van der Waals surface area contributed by atoms with Crippen LogP contribution >= 0.6 is 23.4 Å². The highest BCUT2D eigenvalue weighted by molar-refractivity contribution is 7.99. The Morgan fingerprint density at radius 2 is 1.85 bits per heavy atom. The van der Waals surface area contributed by atoms with E-state index in [1.165, 1.54) is 0 Å². The van der Waals surface area contributed by atoms with Crippen molar-refractivity contribution >= 4 is 35.1 Å². The van der Waals surface area contributed by atoms with Crippen molar-refractivity contribution in [3.8, 4) is 0 Å². The van der Waals surface area contributed by atoms with Gasteiger partial charge < -0.3 is 9.80 Å². The van der Waals surface area contributed by atoms with Gasteiger partial charge in [0.2, 0.25) is 11.2 Å². The number of aromatic nitrogens is 2. The lowest BCUT2D eigenvalue weighted by Crippen LogP contribution is -2.49. The van der Waals surface area contributed by atoms with Crippen LogP contribution in [0.3, 0.4) is 0 Å². The number of hydrogen-bond acceptors (Lipinski definition) is 5. The SMILES string of the molecule is CCCSc1nc(Cl)nc(N2CCN(C(=O)Cc3ccccc3)CC2)c1C. The number of benzene rings is 1. The minimum Gasteiger partial charge on any atom is -0.353 e. The van der Waals surface area contributed by atoms with Gasteiger partial charge >= 0.3 is 0 Å². The Morgan fingerprint density at radius 1 is 1.15 bits per heavy atom. The summed E-state index contributed by atoms with van der Waals surface area (Å²) in [6, 6.07) is 9.90. The summed E-state index contributed by atoms with van der Waals surface area (Å²) in [6.07, 6.45) is 1.54. The molecule has 144 valence electrons. The van der Waals surface area contributed by atoms with Crippen molar-refractivity contribution in [3.63, 3.8) is 0 Å². The molecule has 3 rings (SSSR count). The van der Waals surface area contributed by atoms with E-state index in [4.69, 9.17) is 11.6 Å². The van der Waals surface area contributed by atoms with Crippen LogP contribution in [0.2, 0.25) is 5.28 Å². The summed E-state index contributed by atoms with van der Waals surface area (Å²) in [7, 11) is 0. The highest BCUT2D eigenvalue weighted by atomic mass is 35.5. The van der Waals surface area contributed by atoms with Crippen LogP contribution in [0.4, 0.5) is 5.82 Å². The molecular formula is C20H25ClN4OS. The van der Waals surface area contributed by atoms with Crippen LogP contribution in [0.1, 0.15) is 24.5 Å². The summed E-state index contributed by atoms with van der Waals surface area (Å²) >= 11 is 7.88. The van der Waals surface area contributed by atoms with Crippen LogP contribution in [0, 0.1) is 6.92 Å². The molecule has 0 saturated carbocycles. The first-order valence-corrected chi connectivity index (χ1v) is 10.7. The third-order valence-corrected chi connectivity index (χ3v) is 6.07. The molecule has 0 atom stereocenters. The van der Waals surface area contributed by atoms with Crippen LogP contribution < -0.4 is 4.90 Å². The summed E-state index contributed by atoms with van der Waals surface area (Å²) in [6.45, 7) is 7.11. The number of nitrogens with zero attached hydrogens (tertiary/aromatic N) is 4. The minimum atomic E-state index is 0.178. The van der Waals surface area contributed by atoms with Crippen LogP contribution in [0.5, 0.6) is 0 Å². The molecule has 1 fully saturated rings. The topological polar surface area (TPSA) is 49.3 Å². The second-order valence-electron chi connectivity index (χ2n) is 6.63. The summed E-state index contributed by atoms with van der Waals surface area (Å²) in [5.41, 5.74) is 2.13. The highest BCUT2D eigenvalue weighted by Gasteiger charge is 2.24. The van der Waals surface area contributed by atoms with E-state index >= 15 is 0 Å². The van der Waals surface area contributed by atoms with Crippen LogP contribution in [0.25, 0.3) is 0 Å². The van der Waals surface area contributed by atoms with Crippen molar-refractivity contribution in [3.05, 3.63) is 46.7 Å². The van der Waals surface area contributed by atoms with Crippen LogP contribution in [-0.4, -0.2) is 52.7 Å². The Bertz CT molecular complexity index is 779. The molecule has 1 amide bonds. The van der Waals surface area contributed by atoms with Crippen LogP contribution in [0.15, 0.2) is 35.4 Å². The van der Waals surface area contributed by atoms with Gasteiger partial charge in [-0.25, -0.2) is 9.97 Å². The number of carbonyl (C=O) groups is 1. The Labute approximate surface area is 170 Å². The molecule has 1 aliphatic rings. The lowest BCUT2D eigenvalue weighted by Gasteiger charge is -2.36. The summed E-state index contributed by atoms with van der Waals surface area (Å²) < 4.78 is 0. The molecule has 0 N–H and O–H groups in total. The lowest BCUT2D eigenvalue weighted by atomic mass is 10.1. The fraction of sp³-hybridized carbons (Fsp3) is 0.450. The Kier molecular flexibility index (Phi) is 6.96. The molecule has 7 heteroatoms. The van der Waals surface area contributed by atoms with Crippen molar-refractivity contribution < 1.29 is 4.79 Å². The maximum absolute atomic E-state index is 12.6. The summed E-state index contributed by atoms with van der Waals surface area (Å²) in [5.74, 6) is 2.08. The second kappa shape index (κ2) is 9.42. The predicted octanol–water partition coefficient (Wildman–Crippen LogP) is 3.83. The first-order valence-electron chi connectivity index (χ1n) is 9.32. The van der Waals surface area contributed by atoms with E-state index in [9.17, 15) is 4.79 Å². The third-order valence-electron chi connectivity index (χ3n) is 4.62. The number of halogens is 1. The largest absolute Gasteiger partial charge is 0.353 e. The Hall–Kier alpha value is -1.79. The number of anilines is 1. The normalized spacial score (nSPS) is 14.5. The van der Waals surface area contributed by atoms with Crippen molar-refractivity contribution in [1.82, 2.24) is 14.9 Å². The maximum Gasteiger partial charge on any atom is 0.227 e. The molecule has 0 radical (unpaired) electrons. The minimum absolute atomic E-state index is 0.178. The highest BCUT2D eigenvalue weighted by Crippen LogP contribution is 2.29. The molecule has 1 aliphatic heterocycles. The van der Waals surface area contributed by atoms with Gasteiger partial charge in [-0.1, -0.05) is 37.3 Å². The van der Waals surface area contributed by atoms with Gasteiger partial charge in [0.15, 0.2) is 0 Å². The molecule has 2 heterocycles. The van der Waals surface area contributed by atoms with E-state index in [0.717, 1.165) is 47.2 Å². The quantitative estimate of drug-likeness (QED) is 0.416. The molecule has 0 unspecified atom stereocenters. The summed E-state index contributed by atoms with van der Waals surface area (Å²) in [4.78, 5) is 25.6. The zero-order valence-corrected chi connectivity index (χ0v) is 17.4. The molecule has 1 aromatic heterocycles. The van der Waals surface area contributed by atoms with Crippen LogP contribution in [-0.2, 0) is 11.2 Å². The van der Waals surface area contributed by atoms with Crippen molar-refractivity contribution in [2.45, 2.75) is 31.7 Å². The Balaban J connectivity index is 1.63. The van der Waals surface area contributed by atoms with Gasteiger partial charge in [0, 0.05) is 31.7 Å². The van der Waals surface area contributed by atoms with E-state index in [1.54, 1.807) is 11.8 Å². The monoisotopic (exact) mass is 404 g/mol. The molecule has 1 saturated heterocycles. The van der Waals surface area contributed by atoms with E-state index in [1.807, 2.05) is 35.2 Å². The van der Waals surface area contributed by atoms with Gasteiger partial charge in [0.25, 0.3) is 0 Å². The number of carbonyl (C=O) groups excluding carboxylic acids is 1. The molecule has 27 heavy (non-hydrogen) atoms. The Morgan fingerprint density at radius 3 is 2.52 bits per heavy atom. The molecule has 0 aliphatic carbocycles. The van der Waals surface area contributed by atoms with E-state index in [2.05, 4.69) is 28.7 Å². The molecule has 0 spiro atoms. The second-order valence-corrected chi connectivity index (χ2v) is 8.05. The molecule has 1 aromatic carbocycles. The van der Waals surface area contributed by atoms with E-state index in [-0.39, 0.29) is 11.2 Å². The first kappa shape index (κ1) is 20.0. The fourth-order valence-electron chi connectivity index (χ4n) is 3.16. The summed E-state index contributed by atoms with van der Waals surface area (Å²) in [5, 5.41) is 1.24. The fourth-order valence-corrected chi connectivity index (χ4v) is 4.23. The zero-order chi connectivity index (χ0) is 19.2. The molecule has 0 bridgehead atoms. The van der Waals surface area contributed by atoms with E-state index < -0.39 is 0 Å². The number of thioether (sulfide) groups is 1. The molecular weight excluding hydrogens is 380 g/mol. The maximum atomic E-state index is 12.6. The standard InChI is InChI=1S/C20H25ClN4OS/c1-3-13-27-19-15(2)18(22-20(21)23-19)25-11-9-24(10-12-25)17(26)14-16-7-5-4-6-8-16/h4-8H,3,9-14H2,1-2H3. The molecule has 5 nitrogen and oxygen atoms in total.